The molecule has 1 aromatic rings. The number of carbonyl (C=O) groups excluding carboxylic acids is 3. The fourth-order valence-electron chi connectivity index (χ4n) is 2.28. The monoisotopic (exact) mass is 332 g/mol. The zero-order valence-electron chi connectivity index (χ0n) is 13.8. The van der Waals surface area contributed by atoms with Gasteiger partial charge in [0.05, 0.1) is 11.3 Å². The van der Waals surface area contributed by atoms with Gasteiger partial charge in [0.25, 0.3) is 5.91 Å². The van der Waals surface area contributed by atoms with Gasteiger partial charge in [-0.3, -0.25) is 19.7 Å². The first kappa shape index (κ1) is 17.6. The number of piperidine rings is 1. The summed E-state index contributed by atoms with van der Waals surface area (Å²) in [4.78, 5) is 35.4. The zero-order chi connectivity index (χ0) is 17.9. The molecule has 0 aliphatic carbocycles. The summed E-state index contributed by atoms with van der Waals surface area (Å²) in [6.07, 6.45) is 0.404. The summed E-state index contributed by atoms with van der Waals surface area (Å²) in [5.41, 5.74) is 7.05. The lowest BCUT2D eigenvalue weighted by Crippen LogP contribution is -2.52. The molecule has 2 rings (SSSR count). The Morgan fingerprint density at radius 2 is 2.08 bits per heavy atom. The summed E-state index contributed by atoms with van der Waals surface area (Å²) in [5.74, 6) is -0.975. The van der Waals surface area contributed by atoms with E-state index >= 15 is 0 Å². The molecule has 1 aliphatic rings. The molecule has 1 aliphatic heterocycles. The number of benzene rings is 1. The third kappa shape index (κ3) is 4.37. The maximum absolute atomic E-state index is 12.5. The number of imide groups is 1. The summed E-state index contributed by atoms with van der Waals surface area (Å²) in [6.45, 7) is 5.62. The molecule has 0 spiro atoms. The number of nitrogens with zero attached hydrogens (tertiary/aromatic N) is 1. The molecule has 24 heavy (non-hydrogen) atoms. The third-order valence-corrected chi connectivity index (χ3v) is 3.30. The van der Waals surface area contributed by atoms with E-state index in [1.807, 2.05) is 20.8 Å². The normalized spacial score (nSPS) is 17.9. The molecule has 0 bridgehead atoms. The van der Waals surface area contributed by atoms with Crippen LogP contribution in [0.1, 0.15) is 44.0 Å². The van der Waals surface area contributed by atoms with Gasteiger partial charge in [-0.2, -0.15) is 5.11 Å². The Bertz CT molecular complexity index is 694. The fourth-order valence-corrected chi connectivity index (χ4v) is 2.28. The van der Waals surface area contributed by atoms with E-state index in [9.17, 15) is 14.4 Å². The minimum Gasteiger partial charge on any atom is -0.488 e. The molecule has 1 unspecified atom stereocenters. The highest BCUT2D eigenvalue weighted by atomic mass is 16.5. The van der Waals surface area contributed by atoms with Crippen molar-refractivity contribution >= 4 is 23.4 Å². The van der Waals surface area contributed by atoms with Gasteiger partial charge < -0.3 is 10.1 Å². The van der Waals surface area contributed by atoms with Gasteiger partial charge in [-0.1, -0.05) is 0 Å². The topological polar surface area (TPSA) is 121 Å². The maximum atomic E-state index is 12.5. The van der Waals surface area contributed by atoms with Crippen LogP contribution in [0.4, 0.5) is 5.69 Å². The molecule has 1 fully saturated rings. The molecular weight excluding hydrogens is 312 g/mol. The maximum Gasteiger partial charge on any atom is 0.254 e. The largest absolute Gasteiger partial charge is 0.488 e. The summed E-state index contributed by atoms with van der Waals surface area (Å²) >= 11 is 0. The highest BCUT2D eigenvalue weighted by Gasteiger charge is 2.29. The number of carbonyl (C=O) groups is 3. The number of hydrogen-bond donors (Lipinski definition) is 3. The van der Waals surface area contributed by atoms with Crippen molar-refractivity contribution < 1.29 is 19.1 Å². The Balaban J connectivity index is 2.20. The van der Waals surface area contributed by atoms with Gasteiger partial charge in [0.2, 0.25) is 11.8 Å². The van der Waals surface area contributed by atoms with Crippen LogP contribution in [0.2, 0.25) is 0 Å². The summed E-state index contributed by atoms with van der Waals surface area (Å²) in [5, 5.41) is 8.08. The highest BCUT2D eigenvalue weighted by Crippen LogP contribution is 2.27. The van der Waals surface area contributed by atoms with Crippen LogP contribution in [-0.2, 0) is 9.59 Å². The van der Waals surface area contributed by atoms with Crippen LogP contribution in [0.3, 0.4) is 0 Å². The van der Waals surface area contributed by atoms with Gasteiger partial charge in [0, 0.05) is 6.42 Å². The molecule has 1 saturated heterocycles. The molecule has 1 aromatic carbocycles. The number of nitrogens with one attached hydrogen (secondary N) is 3. The lowest BCUT2D eigenvalue weighted by atomic mass is 10.0. The second kappa shape index (κ2) is 6.77. The average Bonchev–Trinajstić information content (AvgIpc) is 2.48. The lowest BCUT2D eigenvalue weighted by molar-refractivity contribution is -0.134. The molecule has 8 nitrogen and oxygen atoms in total. The molecule has 0 radical (unpaired) electrons. The van der Waals surface area contributed by atoms with Crippen molar-refractivity contribution in [3.63, 3.8) is 0 Å². The fraction of sp³-hybridized carbons (Fsp3) is 0.438. The van der Waals surface area contributed by atoms with E-state index in [2.05, 4.69) is 15.7 Å². The summed E-state index contributed by atoms with van der Waals surface area (Å²) in [6, 6.07) is 3.83. The van der Waals surface area contributed by atoms with Crippen LogP contribution in [0.5, 0.6) is 5.75 Å². The number of ether oxygens (including phenoxy) is 1. The van der Waals surface area contributed by atoms with Crippen LogP contribution < -0.4 is 15.4 Å². The molecule has 8 heteroatoms. The standard InChI is InChI=1S/C16H20N4O4/c1-16(2,3)24-9-4-5-11(20-17)10(8-9)14(22)18-12-6-7-13(21)19-15(12)23/h4-5,8,12,17H,6-7H2,1-3H3,(H,18,22)(H,19,21,23). The smallest absolute Gasteiger partial charge is 0.254 e. The van der Waals surface area contributed by atoms with E-state index in [0.717, 1.165) is 0 Å². The predicted octanol–water partition coefficient (Wildman–Crippen LogP) is 2.06. The zero-order valence-corrected chi connectivity index (χ0v) is 13.8. The minimum absolute atomic E-state index is 0.136. The number of rotatable bonds is 4. The first-order valence-electron chi connectivity index (χ1n) is 7.55. The van der Waals surface area contributed by atoms with Crippen molar-refractivity contribution in [3.05, 3.63) is 23.8 Å². The van der Waals surface area contributed by atoms with Crippen LogP contribution >= 0.6 is 0 Å². The molecular formula is C16H20N4O4. The van der Waals surface area contributed by atoms with Gasteiger partial charge in [-0.25, -0.2) is 5.53 Å². The Hall–Kier alpha value is -2.77. The Morgan fingerprint density at radius 1 is 1.38 bits per heavy atom. The van der Waals surface area contributed by atoms with Gasteiger partial charge in [-0.15, -0.1) is 0 Å². The average molecular weight is 332 g/mol. The second-order valence-electron chi connectivity index (χ2n) is 6.48. The van der Waals surface area contributed by atoms with Crippen molar-refractivity contribution in [3.8, 4) is 5.75 Å². The van der Waals surface area contributed by atoms with Crippen LogP contribution in [0.15, 0.2) is 23.3 Å². The lowest BCUT2D eigenvalue weighted by Gasteiger charge is -2.23. The van der Waals surface area contributed by atoms with E-state index in [1.165, 1.54) is 12.1 Å². The second-order valence-corrected chi connectivity index (χ2v) is 6.48. The Morgan fingerprint density at radius 3 is 2.67 bits per heavy atom. The van der Waals surface area contributed by atoms with Gasteiger partial charge in [-0.05, 0) is 45.4 Å². The molecule has 0 aromatic heterocycles. The predicted molar refractivity (Wildman–Crippen MR) is 85.3 cm³/mol. The molecule has 128 valence electrons. The Kier molecular flexibility index (Phi) is 4.96. The molecule has 3 amide bonds. The number of hydrogen-bond acceptors (Lipinski definition) is 6. The SMILES string of the molecule is CC(C)(C)Oc1ccc(N=N)c(C(=O)NC2CCC(=O)NC2=O)c1. The minimum atomic E-state index is -0.791. The third-order valence-electron chi connectivity index (χ3n) is 3.30. The van der Waals surface area contributed by atoms with E-state index in [4.69, 9.17) is 10.3 Å². The van der Waals surface area contributed by atoms with Crippen LogP contribution in [-0.4, -0.2) is 29.4 Å². The van der Waals surface area contributed by atoms with E-state index in [-0.39, 0.29) is 30.0 Å². The molecule has 3 N–H and O–H groups in total. The molecule has 1 heterocycles. The quantitative estimate of drug-likeness (QED) is 0.577. The van der Waals surface area contributed by atoms with Crippen LogP contribution in [0, 0.1) is 5.53 Å². The Labute approximate surface area is 139 Å². The van der Waals surface area contributed by atoms with Gasteiger partial charge in [0.15, 0.2) is 0 Å². The van der Waals surface area contributed by atoms with Crippen molar-refractivity contribution in [2.24, 2.45) is 5.11 Å². The van der Waals surface area contributed by atoms with Gasteiger partial charge in [0.1, 0.15) is 17.4 Å². The van der Waals surface area contributed by atoms with Crippen molar-refractivity contribution in [1.29, 1.82) is 5.53 Å². The van der Waals surface area contributed by atoms with Gasteiger partial charge >= 0.3 is 0 Å². The molecule has 1 atom stereocenters. The summed E-state index contributed by atoms with van der Waals surface area (Å²) < 4.78 is 5.71. The first-order valence-corrected chi connectivity index (χ1v) is 7.55. The van der Waals surface area contributed by atoms with Crippen molar-refractivity contribution in [2.75, 3.05) is 0 Å². The number of amides is 3. The molecule has 0 saturated carbocycles. The van der Waals surface area contributed by atoms with E-state index in [0.29, 0.717) is 5.75 Å². The van der Waals surface area contributed by atoms with E-state index in [1.54, 1.807) is 6.07 Å². The summed E-state index contributed by atoms with van der Waals surface area (Å²) in [7, 11) is 0. The van der Waals surface area contributed by atoms with Crippen molar-refractivity contribution in [1.82, 2.24) is 10.6 Å². The highest BCUT2D eigenvalue weighted by molar-refractivity contribution is 6.05. The first-order chi connectivity index (χ1) is 11.2. The van der Waals surface area contributed by atoms with Crippen molar-refractivity contribution in [2.45, 2.75) is 45.3 Å². The van der Waals surface area contributed by atoms with E-state index < -0.39 is 23.5 Å². The van der Waals surface area contributed by atoms with Crippen LogP contribution in [0.25, 0.3) is 0 Å².